The van der Waals surface area contributed by atoms with Crippen molar-refractivity contribution in [3.05, 3.63) is 93.7 Å². The molecule has 0 aromatic heterocycles. The van der Waals surface area contributed by atoms with Crippen molar-refractivity contribution in [2.45, 2.75) is 6.61 Å². The predicted molar refractivity (Wildman–Crippen MR) is 113 cm³/mol. The van der Waals surface area contributed by atoms with Crippen molar-refractivity contribution in [2.75, 3.05) is 6.79 Å². The van der Waals surface area contributed by atoms with Gasteiger partial charge in [-0.25, -0.2) is 4.79 Å². The molecule has 0 aliphatic carbocycles. The zero-order valence-corrected chi connectivity index (χ0v) is 16.8. The molecule has 0 fully saturated rings. The molecule has 0 N–H and O–H groups in total. The van der Waals surface area contributed by atoms with E-state index in [1.165, 1.54) is 6.07 Å². The van der Waals surface area contributed by atoms with Crippen LogP contribution < -0.4 is 14.2 Å². The molecule has 2 aliphatic heterocycles. The van der Waals surface area contributed by atoms with Gasteiger partial charge in [0.25, 0.3) is 0 Å². The third kappa shape index (κ3) is 3.79. The number of fused-ring (bicyclic) bond motifs is 2. The molecule has 0 spiro atoms. The second kappa shape index (κ2) is 7.91. The van der Waals surface area contributed by atoms with Gasteiger partial charge in [-0.1, -0.05) is 29.8 Å². The lowest BCUT2D eigenvalue weighted by Gasteiger charge is -2.20. The number of hydrogen-bond donors (Lipinski definition) is 0. The van der Waals surface area contributed by atoms with E-state index in [1.807, 2.05) is 6.07 Å². The normalized spacial score (nSPS) is 15.6. The molecule has 31 heavy (non-hydrogen) atoms. The summed E-state index contributed by atoms with van der Waals surface area (Å²) in [5, 5.41) is 0.498. The van der Waals surface area contributed by atoms with Gasteiger partial charge in [-0.2, -0.15) is 0 Å². The maximum Gasteiger partial charge on any atom is 0.343 e. The van der Waals surface area contributed by atoms with Crippen LogP contribution in [0.2, 0.25) is 5.02 Å². The minimum atomic E-state index is -0.495. The van der Waals surface area contributed by atoms with Crippen LogP contribution in [0.5, 0.6) is 17.2 Å². The highest BCUT2D eigenvalue weighted by Crippen LogP contribution is 2.38. The van der Waals surface area contributed by atoms with Gasteiger partial charge in [0.1, 0.15) is 17.2 Å². The Morgan fingerprint density at radius 2 is 1.90 bits per heavy atom. The predicted octanol–water partition coefficient (Wildman–Crippen LogP) is 5.04. The summed E-state index contributed by atoms with van der Waals surface area (Å²) in [5.41, 5.74) is 2.22. The third-order valence-electron chi connectivity index (χ3n) is 4.85. The number of ketones is 1. The molecular weight excluding hydrogens is 420 g/mol. The number of halogens is 1. The minimum Gasteiger partial charge on any atom is -0.467 e. The Bertz CT molecular complexity index is 1230. The molecule has 3 aromatic carbocycles. The molecule has 0 bridgehead atoms. The van der Waals surface area contributed by atoms with Gasteiger partial charge in [0, 0.05) is 22.2 Å². The smallest absolute Gasteiger partial charge is 0.343 e. The van der Waals surface area contributed by atoms with E-state index in [9.17, 15) is 9.59 Å². The van der Waals surface area contributed by atoms with Crippen molar-refractivity contribution >= 4 is 29.4 Å². The topological polar surface area (TPSA) is 71.1 Å². The zero-order valence-electron chi connectivity index (χ0n) is 16.1. The number of Topliss-reactive ketones (excluding diaryl/α,β-unsaturated/α-hetero) is 1. The molecule has 5 rings (SSSR count). The van der Waals surface area contributed by atoms with Gasteiger partial charge < -0.3 is 18.9 Å². The van der Waals surface area contributed by atoms with Crippen LogP contribution in [0.4, 0.5) is 0 Å². The molecule has 0 atom stereocenters. The van der Waals surface area contributed by atoms with Gasteiger partial charge in [0.05, 0.1) is 17.7 Å². The monoisotopic (exact) mass is 434 g/mol. The van der Waals surface area contributed by atoms with Crippen molar-refractivity contribution in [1.29, 1.82) is 0 Å². The van der Waals surface area contributed by atoms with Gasteiger partial charge in [-0.05, 0) is 42.5 Å². The summed E-state index contributed by atoms with van der Waals surface area (Å²) < 4.78 is 22.0. The van der Waals surface area contributed by atoms with Crippen molar-refractivity contribution in [3.63, 3.8) is 0 Å². The second-order valence-corrected chi connectivity index (χ2v) is 7.38. The molecule has 3 aromatic rings. The molecule has 6 nitrogen and oxygen atoms in total. The van der Waals surface area contributed by atoms with Crippen LogP contribution in [-0.4, -0.2) is 18.5 Å². The average Bonchev–Trinajstić information content (AvgIpc) is 3.09. The fourth-order valence-electron chi connectivity index (χ4n) is 3.43. The Hall–Kier alpha value is -3.61. The quantitative estimate of drug-likeness (QED) is 0.326. The number of rotatable bonds is 3. The van der Waals surface area contributed by atoms with E-state index < -0.39 is 5.97 Å². The van der Waals surface area contributed by atoms with Gasteiger partial charge >= 0.3 is 5.97 Å². The molecule has 0 saturated carbocycles. The van der Waals surface area contributed by atoms with Crippen molar-refractivity contribution in [1.82, 2.24) is 0 Å². The van der Waals surface area contributed by atoms with Crippen LogP contribution in [0.15, 0.2) is 66.4 Å². The number of esters is 1. The van der Waals surface area contributed by atoms with Crippen LogP contribution in [0.3, 0.4) is 0 Å². The molecule has 154 valence electrons. The third-order valence-corrected chi connectivity index (χ3v) is 5.07. The van der Waals surface area contributed by atoms with E-state index in [4.69, 9.17) is 30.5 Å². The fourth-order valence-corrected chi connectivity index (χ4v) is 3.68. The molecule has 0 radical (unpaired) electrons. The highest BCUT2D eigenvalue weighted by Gasteiger charge is 2.29. The molecule has 0 unspecified atom stereocenters. The van der Waals surface area contributed by atoms with Crippen molar-refractivity contribution in [2.24, 2.45) is 0 Å². The second-order valence-electron chi connectivity index (χ2n) is 6.95. The molecular formula is C24H15ClO6. The number of benzene rings is 3. The Morgan fingerprint density at radius 1 is 1.06 bits per heavy atom. The summed E-state index contributed by atoms with van der Waals surface area (Å²) in [6.07, 6.45) is 1.59. The largest absolute Gasteiger partial charge is 0.467 e. The molecule has 2 heterocycles. The SMILES string of the molecule is O=C(Oc1ccc2c(c1)O/C(=C\c1cc(Cl)cc3c1OCOC3)C2=O)c1ccccc1. The number of ether oxygens (including phenoxy) is 4. The Morgan fingerprint density at radius 3 is 2.74 bits per heavy atom. The van der Waals surface area contributed by atoms with E-state index in [-0.39, 0.29) is 24.1 Å². The number of carbonyl (C=O) groups excluding carboxylic acids is 2. The van der Waals surface area contributed by atoms with E-state index in [2.05, 4.69) is 0 Å². The molecule has 2 aliphatic rings. The van der Waals surface area contributed by atoms with Crippen LogP contribution in [0, 0.1) is 0 Å². The minimum absolute atomic E-state index is 0.121. The van der Waals surface area contributed by atoms with Gasteiger partial charge in [-0.15, -0.1) is 0 Å². The van der Waals surface area contributed by atoms with E-state index in [1.54, 1.807) is 54.6 Å². The van der Waals surface area contributed by atoms with Crippen LogP contribution >= 0.6 is 11.6 Å². The lowest BCUT2D eigenvalue weighted by Crippen LogP contribution is -2.12. The average molecular weight is 435 g/mol. The lowest BCUT2D eigenvalue weighted by molar-refractivity contribution is -0.0165. The first kappa shape index (κ1) is 19.4. The number of carbonyl (C=O) groups is 2. The van der Waals surface area contributed by atoms with Gasteiger partial charge in [0.15, 0.2) is 12.6 Å². The van der Waals surface area contributed by atoms with E-state index >= 15 is 0 Å². The zero-order chi connectivity index (χ0) is 21.4. The Labute approximate surface area is 182 Å². The summed E-state index contributed by atoms with van der Waals surface area (Å²) in [6.45, 7) is 0.493. The summed E-state index contributed by atoms with van der Waals surface area (Å²) in [7, 11) is 0. The summed E-state index contributed by atoms with van der Waals surface area (Å²) in [6, 6.07) is 16.8. The van der Waals surface area contributed by atoms with Gasteiger partial charge in [-0.3, -0.25) is 4.79 Å². The maximum absolute atomic E-state index is 12.8. The first-order valence-electron chi connectivity index (χ1n) is 9.47. The summed E-state index contributed by atoms with van der Waals surface area (Å²) >= 11 is 6.20. The van der Waals surface area contributed by atoms with Crippen molar-refractivity contribution < 1.29 is 28.5 Å². The Balaban J connectivity index is 1.42. The van der Waals surface area contributed by atoms with E-state index in [0.717, 1.165) is 5.56 Å². The Kier molecular flexibility index (Phi) is 4.94. The molecule has 0 amide bonds. The maximum atomic E-state index is 12.8. The van der Waals surface area contributed by atoms with Crippen LogP contribution in [0.1, 0.15) is 31.8 Å². The lowest BCUT2D eigenvalue weighted by atomic mass is 10.1. The molecule has 0 saturated heterocycles. The summed E-state index contributed by atoms with van der Waals surface area (Å²) in [4.78, 5) is 25.1. The standard InChI is InChI=1S/C24H15ClO6/c25-17-8-15(23-16(9-17)12-28-13-29-23)10-21-22(26)19-7-6-18(11-20(19)31-21)30-24(27)14-4-2-1-3-5-14/h1-11H,12-13H2/b21-10-. The van der Waals surface area contributed by atoms with Gasteiger partial charge in [0.2, 0.25) is 5.78 Å². The number of hydrogen-bond acceptors (Lipinski definition) is 6. The highest BCUT2D eigenvalue weighted by atomic mass is 35.5. The van der Waals surface area contributed by atoms with Crippen LogP contribution in [-0.2, 0) is 11.3 Å². The fraction of sp³-hybridized carbons (Fsp3) is 0.0833. The molecule has 7 heteroatoms. The van der Waals surface area contributed by atoms with Crippen LogP contribution in [0.25, 0.3) is 6.08 Å². The van der Waals surface area contributed by atoms with Crippen molar-refractivity contribution in [3.8, 4) is 17.2 Å². The first-order valence-corrected chi connectivity index (χ1v) is 9.85. The van der Waals surface area contributed by atoms with E-state index in [0.29, 0.717) is 39.8 Å². The first-order chi connectivity index (χ1) is 15.1. The summed E-state index contributed by atoms with van der Waals surface area (Å²) in [5.74, 6) is 0.549. The highest BCUT2D eigenvalue weighted by molar-refractivity contribution is 6.31. The number of allylic oxidation sites excluding steroid dienone is 1.